The zero-order valence-corrected chi connectivity index (χ0v) is 21.5. The third-order valence-electron chi connectivity index (χ3n) is 4.94. The fraction of sp³-hybridized carbons (Fsp3) is 0.250. The van der Waals surface area contributed by atoms with Crippen LogP contribution in [0.1, 0.15) is 33.2 Å². The zero-order chi connectivity index (χ0) is 25.0. The summed E-state index contributed by atoms with van der Waals surface area (Å²) in [4.78, 5) is 26.4. The van der Waals surface area contributed by atoms with Gasteiger partial charge in [-0.1, -0.05) is 18.2 Å². The van der Waals surface area contributed by atoms with Crippen LogP contribution in [0.3, 0.4) is 0 Å². The summed E-state index contributed by atoms with van der Waals surface area (Å²) < 4.78 is 42.1. The number of aryl methyl sites for hydroxylation is 1. The van der Waals surface area contributed by atoms with E-state index in [9.17, 15) is 22.8 Å². The van der Waals surface area contributed by atoms with Crippen molar-refractivity contribution in [2.24, 2.45) is 0 Å². The van der Waals surface area contributed by atoms with Crippen LogP contribution in [-0.4, -0.2) is 36.2 Å². The van der Waals surface area contributed by atoms with Gasteiger partial charge in [0.05, 0.1) is 5.56 Å². The molecule has 0 aromatic heterocycles. The molecule has 0 aliphatic rings. The molecular formula is C24H22F3IN2O3S. The van der Waals surface area contributed by atoms with Crippen molar-refractivity contribution in [3.8, 4) is 5.75 Å². The van der Waals surface area contributed by atoms with Gasteiger partial charge in [-0.3, -0.25) is 9.59 Å². The first-order valence-corrected chi connectivity index (χ1v) is 12.7. The predicted molar refractivity (Wildman–Crippen MR) is 138 cm³/mol. The Morgan fingerprint density at radius 3 is 2.50 bits per heavy atom. The van der Waals surface area contributed by atoms with Gasteiger partial charge in [-0.05, 0) is 84.0 Å². The molecule has 0 fully saturated rings. The monoisotopic (exact) mass is 602 g/mol. The van der Waals surface area contributed by atoms with Crippen LogP contribution in [0.4, 0.5) is 18.9 Å². The lowest BCUT2D eigenvalue weighted by molar-refractivity contribution is -0.274. The van der Waals surface area contributed by atoms with E-state index in [4.69, 9.17) is 0 Å². The van der Waals surface area contributed by atoms with Gasteiger partial charge in [-0.2, -0.15) is 11.8 Å². The zero-order valence-electron chi connectivity index (χ0n) is 18.5. The molecule has 1 unspecified atom stereocenters. The Bertz CT molecular complexity index is 1230. The topological polar surface area (TPSA) is 67.4 Å². The van der Waals surface area contributed by atoms with Crippen LogP contribution >= 0.6 is 34.4 Å². The predicted octanol–water partition coefficient (Wildman–Crippen LogP) is 6.39. The van der Waals surface area contributed by atoms with E-state index in [-0.39, 0.29) is 23.3 Å². The number of carbonyl (C=O) groups excluding carboxylic acids is 2. The third-order valence-corrected chi connectivity index (χ3v) is 6.67. The van der Waals surface area contributed by atoms with Crippen molar-refractivity contribution in [3.05, 3.63) is 68.8 Å². The number of anilines is 1. The van der Waals surface area contributed by atoms with Crippen molar-refractivity contribution >= 4 is 62.6 Å². The van der Waals surface area contributed by atoms with Gasteiger partial charge in [0.1, 0.15) is 5.75 Å². The summed E-state index contributed by atoms with van der Waals surface area (Å²) in [5.74, 6) is -0.387. The maximum absolute atomic E-state index is 13.2. The van der Waals surface area contributed by atoms with Crippen molar-refractivity contribution in [3.63, 3.8) is 0 Å². The number of benzene rings is 3. The van der Waals surface area contributed by atoms with E-state index < -0.39 is 12.3 Å². The van der Waals surface area contributed by atoms with Crippen LogP contribution in [0.2, 0.25) is 0 Å². The van der Waals surface area contributed by atoms with Crippen molar-refractivity contribution in [2.45, 2.75) is 26.3 Å². The second-order valence-electron chi connectivity index (χ2n) is 7.63. The molecule has 1 atom stereocenters. The second kappa shape index (κ2) is 10.9. The first-order valence-electron chi connectivity index (χ1n) is 10.2. The largest absolute Gasteiger partial charge is 0.573 e. The van der Waals surface area contributed by atoms with E-state index in [1.54, 1.807) is 30.8 Å². The van der Waals surface area contributed by atoms with Crippen molar-refractivity contribution < 1.29 is 27.5 Å². The number of ether oxygens (including phenoxy) is 1. The van der Waals surface area contributed by atoms with E-state index in [1.807, 2.05) is 31.4 Å². The molecule has 2 N–H and O–H groups in total. The van der Waals surface area contributed by atoms with Crippen LogP contribution in [0, 0.1) is 10.5 Å². The molecule has 0 bridgehead atoms. The van der Waals surface area contributed by atoms with E-state index in [0.29, 0.717) is 25.8 Å². The van der Waals surface area contributed by atoms with Gasteiger partial charge >= 0.3 is 6.36 Å². The van der Waals surface area contributed by atoms with Gasteiger partial charge in [-0.15, -0.1) is 13.2 Å². The maximum atomic E-state index is 13.2. The number of carbonyl (C=O) groups is 2. The summed E-state index contributed by atoms with van der Waals surface area (Å²) in [6, 6.07) is 12.4. The number of halogens is 4. The molecule has 10 heteroatoms. The summed E-state index contributed by atoms with van der Waals surface area (Å²) in [6.07, 6.45) is -2.85. The molecule has 2 amide bonds. The average Bonchev–Trinajstić information content (AvgIpc) is 2.74. The van der Waals surface area contributed by atoms with Gasteiger partial charge in [-0.25, -0.2) is 0 Å². The Kier molecular flexibility index (Phi) is 8.34. The summed E-state index contributed by atoms with van der Waals surface area (Å²) in [7, 11) is 0. The van der Waals surface area contributed by atoms with Crippen molar-refractivity contribution in [1.82, 2.24) is 5.32 Å². The lowest BCUT2D eigenvalue weighted by atomic mass is 9.97. The van der Waals surface area contributed by atoms with E-state index >= 15 is 0 Å². The normalized spacial score (nSPS) is 12.3. The highest BCUT2D eigenvalue weighted by Crippen LogP contribution is 2.30. The molecule has 0 spiro atoms. The van der Waals surface area contributed by atoms with Gasteiger partial charge in [0, 0.05) is 32.0 Å². The minimum Gasteiger partial charge on any atom is -0.406 e. The fourth-order valence-electron chi connectivity index (χ4n) is 3.52. The minimum atomic E-state index is -4.80. The number of alkyl halides is 3. The molecule has 3 rings (SSSR count). The molecule has 0 heterocycles. The van der Waals surface area contributed by atoms with E-state index in [0.717, 1.165) is 17.2 Å². The van der Waals surface area contributed by atoms with Gasteiger partial charge in [0.15, 0.2) is 0 Å². The number of nitrogens with one attached hydrogen (secondary N) is 2. The summed E-state index contributed by atoms with van der Waals surface area (Å²) in [6.45, 7) is 3.48. The number of rotatable bonds is 7. The Labute approximate surface area is 213 Å². The SMILES string of the molecule is CSCC(C)NC(=O)c1c(I)ccc2cccc(C(=O)Nc3ccc(OC(F)(F)F)cc3C)c12. The molecule has 0 saturated carbocycles. The van der Waals surface area contributed by atoms with Crippen molar-refractivity contribution in [2.75, 3.05) is 17.3 Å². The molecular weight excluding hydrogens is 580 g/mol. The quantitative estimate of drug-likeness (QED) is 0.308. The average molecular weight is 602 g/mol. The molecule has 180 valence electrons. The van der Waals surface area contributed by atoms with Crippen LogP contribution < -0.4 is 15.4 Å². The summed E-state index contributed by atoms with van der Waals surface area (Å²) in [5, 5.41) is 6.95. The lowest BCUT2D eigenvalue weighted by Gasteiger charge is -2.17. The van der Waals surface area contributed by atoms with Gasteiger partial charge in [0.25, 0.3) is 11.8 Å². The molecule has 3 aromatic rings. The number of amides is 2. The number of thioether (sulfide) groups is 1. The standard InChI is InChI=1S/C24H22F3IN2O3S/c1-13-11-16(33-24(25,26)27)8-10-19(13)30-22(31)17-6-4-5-15-7-9-18(28)21(20(15)17)23(32)29-14(2)12-34-3/h4-11,14H,12H2,1-3H3,(H,29,32)(H,30,31). The number of hydrogen-bond acceptors (Lipinski definition) is 4. The van der Waals surface area contributed by atoms with E-state index in [1.165, 1.54) is 12.1 Å². The highest BCUT2D eigenvalue weighted by Gasteiger charge is 2.31. The summed E-state index contributed by atoms with van der Waals surface area (Å²) in [5.41, 5.74) is 1.42. The Balaban J connectivity index is 1.98. The molecule has 0 aliphatic heterocycles. The first kappa shape index (κ1) is 26.1. The molecule has 0 saturated heterocycles. The number of hydrogen-bond donors (Lipinski definition) is 2. The van der Waals surface area contributed by atoms with E-state index in [2.05, 4.69) is 38.0 Å². The first-order chi connectivity index (χ1) is 16.0. The van der Waals surface area contributed by atoms with Crippen LogP contribution in [0.25, 0.3) is 10.8 Å². The smallest absolute Gasteiger partial charge is 0.406 e. The molecule has 0 aliphatic carbocycles. The highest BCUT2D eigenvalue weighted by atomic mass is 127. The Hall–Kier alpha value is -2.47. The van der Waals surface area contributed by atoms with Crippen molar-refractivity contribution in [1.29, 1.82) is 0 Å². The minimum absolute atomic E-state index is 0.0605. The Morgan fingerprint density at radius 1 is 1.12 bits per heavy atom. The highest BCUT2D eigenvalue weighted by molar-refractivity contribution is 14.1. The summed E-state index contributed by atoms with van der Waals surface area (Å²) >= 11 is 3.69. The van der Waals surface area contributed by atoms with Crippen LogP contribution in [0.15, 0.2) is 48.5 Å². The molecule has 0 radical (unpaired) electrons. The van der Waals surface area contributed by atoms with Crippen LogP contribution in [0.5, 0.6) is 5.75 Å². The second-order valence-corrected chi connectivity index (χ2v) is 9.71. The van der Waals surface area contributed by atoms with Gasteiger partial charge < -0.3 is 15.4 Å². The lowest BCUT2D eigenvalue weighted by Crippen LogP contribution is -2.35. The fourth-order valence-corrected chi connectivity index (χ4v) is 4.79. The Morgan fingerprint density at radius 2 is 1.85 bits per heavy atom. The van der Waals surface area contributed by atoms with Gasteiger partial charge in [0.2, 0.25) is 0 Å². The van der Waals surface area contributed by atoms with Crippen LogP contribution in [-0.2, 0) is 0 Å². The molecule has 3 aromatic carbocycles. The molecule has 5 nitrogen and oxygen atoms in total. The molecule has 34 heavy (non-hydrogen) atoms. The maximum Gasteiger partial charge on any atom is 0.573 e. The number of fused-ring (bicyclic) bond motifs is 1. The third kappa shape index (κ3) is 6.35.